The smallest absolute Gasteiger partial charge is 0.258 e. The van der Waals surface area contributed by atoms with Gasteiger partial charge in [-0.3, -0.25) is 10.1 Å². The predicted molar refractivity (Wildman–Crippen MR) is 146 cm³/mol. The van der Waals surface area contributed by atoms with Crippen LogP contribution in [0.5, 0.6) is 0 Å². The number of non-ortho nitro benzene ring substituents is 1. The fourth-order valence-corrected chi connectivity index (χ4v) is 5.20. The minimum Gasteiger partial charge on any atom is -0.258 e. The van der Waals surface area contributed by atoms with E-state index in [9.17, 15) is 14.5 Å². The van der Waals surface area contributed by atoms with Crippen molar-refractivity contribution < 1.29 is 9.31 Å². The first-order valence-corrected chi connectivity index (χ1v) is 12.2. The Bertz CT molecular complexity index is 1640. The van der Waals surface area contributed by atoms with Crippen LogP contribution < -0.4 is 0 Å². The molecule has 0 saturated carbocycles. The van der Waals surface area contributed by atoms with Crippen LogP contribution >= 0.6 is 0 Å². The van der Waals surface area contributed by atoms with E-state index in [4.69, 9.17) is 5.10 Å². The molecule has 0 radical (unpaired) electrons. The lowest BCUT2D eigenvalue weighted by atomic mass is 9.77. The van der Waals surface area contributed by atoms with Gasteiger partial charge in [-0.05, 0) is 47.0 Å². The Kier molecular flexibility index (Phi) is 5.77. The summed E-state index contributed by atoms with van der Waals surface area (Å²) >= 11 is 0. The number of hydrogen-bond donors (Lipinski definition) is 0. The molecule has 1 heterocycles. The van der Waals surface area contributed by atoms with Gasteiger partial charge in [-0.25, -0.2) is 9.07 Å². The van der Waals surface area contributed by atoms with Gasteiger partial charge in [-0.1, -0.05) is 91.0 Å². The van der Waals surface area contributed by atoms with E-state index in [-0.39, 0.29) is 11.5 Å². The van der Waals surface area contributed by atoms with Crippen LogP contribution in [0.4, 0.5) is 10.1 Å². The lowest BCUT2D eigenvalue weighted by Crippen LogP contribution is -2.38. The summed E-state index contributed by atoms with van der Waals surface area (Å²) in [6.07, 6.45) is 0. The Morgan fingerprint density at radius 3 is 1.66 bits per heavy atom. The summed E-state index contributed by atoms with van der Waals surface area (Å²) < 4.78 is 15.8. The molecular formula is C32H22FN3O2. The van der Waals surface area contributed by atoms with Crippen LogP contribution in [0.25, 0.3) is 22.2 Å². The van der Waals surface area contributed by atoms with Crippen molar-refractivity contribution in [2.75, 3.05) is 0 Å². The molecule has 0 aliphatic carbocycles. The standard InChI is InChI=1S/C32H22FN3O2/c33-27-18-16-23(17-19-27)31-29-22-28(36(37)38)20-21-30(29)35(34-31)32(24-10-4-1-5-11-24,25-12-6-2-7-13-25)26-14-8-3-9-15-26/h1-22H. The maximum Gasteiger partial charge on any atom is 0.270 e. The number of nitro groups is 1. The normalized spacial score (nSPS) is 11.5. The highest BCUT2D eigenvalue weighted by Crippen LogP contribution is 2.44. The molecule has 0 amide bonds. The highest BCUT2D eigenvalue weighted by molar-refractivity contribution is 5.95. The van der Waals surface area contributed by atoms with Gasteiger partial charge < -0.3 is 0 Å². The van der Waals surface area contributed by atoms with Crippen molar-refractivity contribution in [2.45, 2.75) is 5.54 Å². The fraction of sp³-hybridized carbons (Fsp3) is 0.0312. The monoisotopic (exact) mass is 499 g/mol. The molecule has 0 fully saturated rings. The van der Waals surface area contributed by atoms with Crippen LogP contribution in [0.2, 0.25) is 0 Å². The van der Waals surface area contributed by atoms with E-state index in [1.807, 2.05) is 59.3 Å². The van der Waals surface area contributed by atoms with Gasteiger partial charge >= 0.3 is 0 Å². The summed E-state index contributed by atoms with van der Waals surface area (Å²) in [4.78, 5) is 11.3. The molecule has 6 aromatic rings. The van der Waals surface area contributed by atoms with Gasteiger partial charge in [0.05, 0.1) is 10.4 Å². The molecule has 6 rings (SSSR count). The third-order valence-electron chi connectivity index (χ3n) is 6.88. The SMILES string of the molecule is O=[N+]([O-])c1ccc2c(c1)c(-c1ccc(F)cc1)nn2C(c1ccccc1)(c1ccccc1)c1ccccc1. The van der Waals surface area contributed by atoms with E-state index >= 15 is 0 Å². The topological polar surface area (TPSA) is 61.0 Å². The van der Waals surface area contributed by atoms with Gasteiger partial charge in [0.2, 0.25) is 0 Å². The van der Waals surface area contributed by atoms with Crippen LogP contribution in [-0.4, -0.2) is 14.7 Å². The molecular weight excluding hydrogens is 477 g/mol. The number of nitro benzene ring substituents is 1. The molecule has 0 spiro atoms. The third kappa shape index (κ3) is 3.74. The van der Waals surface area contributed by atoms with E-state index in [2.05, 4.69) is 36.4 Å². The Balaban J connectivity index is 1.79. The zero-order valence-electron chi connectivity index (χ0n) is 20.2. The third-order valence-corrected chi connectivity index (χ3v) is 6.88. The number of aromatic nitrogens is 2. The summed E-state index contributed by atoms with van der Waals surface area (Å²) in [5, 5.41) is 17.5. The van der Waals surface area contributed by atoms with Crippen molar-refractivity contribution in [1.29, 1.82) is 0 Å². The quantitative estimate of drug-likeness (QED) is 0.135. The predicted octanol–water partition coefficient (Wildman–Crippen LogP) is 7.59. The van der Waals surface area contributed by atoms with Crippen LogP contribution in [-0.2, 0) is 5.54 Å². The summed E-state index contributed by atoms with van der Waals surface area (Å²) in [6, 6.07) is 41.1. The number of nitrogens with zero attached hydrogens (tertiary/aromatic N) is 3. The van der Waals surface area contributed by atoms with Gasteiger partial charge in [0.15, 0.2) is 0 Å². The van der Waals surface area contributed by atoms with Gasteiger partial charge in [-0.15, -0.1) is 0 Å². The summed E-state index contributed by atoms with van der Waals surface area (Å²) in [7, 11) is 0. The molecule has 6 heteroatoms. The largest absolute Gasteiger partial charge is 0.270 e. The maximum absolute atomic E-state index is 13.8. The second-order valence-corrected chi connectivity index (χ2v) is 9.03. The molecule has 5 aromatic carbocycles. The van der Waals surface area contributed by atoms with Crippen LogP contribution in [0.3, 0.4) is 0 Å². The zero-order valence-corrected chi connectivity index (χ0v) is 20.2. The molecule has 0 bridgehead atoms. The van der Waals surface area contributed by atoms with Crippen molar-refractivity contribution in [3.63, 3.8) is 0 Å². The first-order chi connectivity index (χ1) is 18.6. The molecule has 0 aliphatic heterocycles. The molecule has 5 nitrogen and oxygen atoms in total. The van der Waals surface area contributed by atoms with E-state index < -0.39 is 10.5 Å². The molecule has 38 heavy (non-hydrogen) atoms. The Hall–Kier alpha value is -5.10. The minimum atomic E-state index is -0.906. The zero-order chi connectivity index (χ0) is 26.1. The minimum absolute atomic E-state index is 0.0369. The van der Waals surface area contributed by atoms with Gasteiger partial charge in [0.1, 0.15) is 17.1 Å². The summed E-state index contributed by atoms with van der Waals surface area (Å²) in [5.41, 5.74) is 3.91. The lowest BCUT2D eigenvalue weighted by molar-refractivity contribution is -0.384. The van der Waals surface area contributed by atoms with Crippen molar-refractivity contribution in [1.82, 2.24) is 9.78 Å². The summed E-state index contributed by atoms with van der Waals surface area (Å²) in [5.74, 6) is -0.365. The van der Waals surface area contributed by atoms with Crippen LogP contribution in [0, 0.1) is 15.9 Å². The van der Waals surface area contributed by atoms with Crippen molar-refractivity contribution in [3.05, 3.63) is 166 Å². The van der Waals surface area contributed by atoms with E-state index in [0.29, 0.717) is 22.2 Å². The van der Waals surface area contributed by atoms with Gasteiger partial charge in [0.25, 0.3) is 5.69 Å². The lowest BCUT2D eigenvalue weighted by Gasteiger charge is -2.37. The first-order valence-electron chi connectivity index (χ1n) is 12.2. The number of hydrogen-bond acceptors (Lipinski definition) is 3. The Morgan fingerprint density at radius 2 is 1.18 bits per heavy atom. The second kappa shape index (κ2) is 9.41. The molecule has 1 aromatic heterocycles. The molecule has 0 N–H and O–H groups in total. The number of fused-ring (bicyclic) bond motifs is 1. The molecule has 0 unspecified atom stereocenters. The Morgan fingerprint density at radius 1 is 0.684 bits per heavy atom. The number of benzene rings is 5. The highest BCUT2D eigenvalue weighted by Gasteiger charge is 2.41. The van der Waals surface area contributed by atoms with E-state index in [1.165, 1.54) is 18.2 Å². The highest BCUT2D eigenvalue weighted by atomic mass is 19.1. The first kappa shape index (κ1) is 23.3. The molecule has 0 atom stereocenters. The maximum atomic E-state index is 13.8. The van der Waals surface area contributed by atoms with E-state index in [1.54, 1.807) is 24.3 Å². The average molecular weight is 500 g/mol. The molecule has 0 aliphatic rings. The fourth-order valence-electron chi connectivity index (χ4n) is 5.20. The number of rotatable bonds is 6. The average Bonchev–Trinajstić information content (AvgIpc) is 3.35. The van der Waals surface area contributed by atoms with Gasteiger partial charge in [-0.2, -0.15) is 5.10 Å². The van der Waals surface area contributed by atoms with Crippen LogP contribution in [0.15, 0.2) is 133 Å². The second-order valence-electron chi connectivity index (χ2n) is 9.03. The van der Waals surface area contributed by atoms with Gasteiger partial charge in [0, 0.05) is 23.1 Å². The van der Waals surface area contributed by atoms with E-state index in [0.717, 1.165) is 16.7 Å². The van der Waals surface area contributed by atoms with Crippen molar-refractivity contribution >= 4 is 16.6 Å². The van der Waals surface area contributed by atoms with Crippen molar-refractivity contribution in [2.24, 2.45) is 0 Å². The number of halogens is 1. The van der Waals surface area contributed by atoms with Crippen LogP contribution in [0.1, 0.15) is 16.7 Å². The molecule has 0 saturated heterocycles. The van der Waals surface area contributed by atoms with Crippen molar-refractivity contribution in [3.8, 4) is 11.3 Å². The Labute approximate surface area is 218 Å². The summed E-state index contributed by atoms with van der Waals surface area (Å²) in [6.45, 7) is 0. The molecule has 184 valence electrons.